The molecule has 18 heavy (non-hydrogen) atoms. The van der Waals surface area contributed by atoms with E-state index in [0.717, 1.165) is 0 Å². The molecule has 2 aromatic rings. The van der Waals surface area contributed by atoms with Crippen LogP contribution in [0.25, 0.3) is 0 Å². The van der Waals surface area contributed by atoms with Gasteiger partial charge in [-0.15, -0.1) is 0 Å². The van der Waals surface area contributed by atoms with Crippen LogP contribution >= 0.6 is 23.2 Å². The van der Waals surface area contributed by atoms with Crippen LogP contribution < -0.4 is 4.74 Å². The molecule has 1 heterocycles. The van der Waals surface area contributed by atoms with E-state index in [0.29, 0.717) is 21.4 Å². The van der Waals surface area contributed by atoms with Crippen molar-refractivity contribution in [1.82, 2.24) is 4.98 Å². The van der Waals surface area contributed by atoms with Gasteiger partial charge in [-0.25, -0.2) is 4.98 Å². The molecule has 0 radical (unpaired) electrons. The normalized spacial score (nSPS) is 10.2. The van der Waals surface area contributed by atoms with Crippen molar-refractivity contribution in [2.75, 3.05) is 0 Å². The second kappa shape index (κ2) is 5.38. The van der Waals surface area contributed by atoms with E-state index in [1.165, 1.54) is 6.92 Å². The number of ketones is 1. The SMILES string of the molecule is CC(=O)c1cccnc1Oc1cc(Cl)cc(Cl)c1. The summed E-state index contributed by atoms with van der Waals surface area (Å²) in [5.41, 5.74) is 0.411. The van der Waals surface area contributed by atoms with Gasteiger partial charge in [0.1, 0.15) is 5.75 Å². The first-order valence-corrected chi connectivity index (χ1v) is 5.92. The topological polar surface area (TPSA) is 39.2 Å². The number of nitrogens with zero attached hydrogens (tertiary/aromatic N) is 1. The van der Waals surface area contributed by atoms with Gasteiger partial charge in [-0.1, -0.05) is 23.2 Å². The van der Waals surface area contributed by atoms with Gasteiger partial charge in [0, 0.05) is 16.2 Å². The standard InChI is InChI=1S/C13H9Cl2NO2/c1-8(17)12-3-2-4-16-13(12)18-11-6-9(14)5-10(15)7-11/h2-7H,1H3. The number of aromatic nitrogens is 1. The molecule has 0 amide bonds. The molecule has 5 heteroatoms. The van der Waals surface area contributed by atoms with E-state index in [-0.39, 0.29) is 11.7 Å². The fourth-order valence-corrected chi connectivity index (χ4v) is 1.95. The first-order chi connectivity index (χ1) is 8.56. The summed E-state index contributed by atoms with van der Waals surface area (Å²) in [5, 5.41) is 0.913. The third kappa shape index (κ3) is 3.00. The van der Waals surface area contributed by atoms with E-state index in [2.05, 4.69) is 4.98 Å². The van der Waals surface area contributed by atoms with Crippen molar-refractivity contribution in [2.45, 2.75) is 6.92 Å². The zero-order chi connectivity index (χ0) is 13.1. The van der Waals surface area contributed by atoms with Crippen molar-refractivity contribution in [1.29, 1.82) is 0 Å². The van der Waals surface area contributed by atoms with Crippen LogP contribution in [-0.4, -0.2) is 10.8 Å². The van der Waals surface area contributed by atoms with Crippen LogP contribution in [0.15, 0.2) is 36.5 Å². The Labute approximate surface area is 114 Å². The molecule has 1 aromatic heterocycles. The maximum atomic E-state index is 11.4. The lowest BCUT2D eigenvalue weighted by Gasteiger charge is -2.08. The van der Waals surface area contributed by atoms with E-state index < -0.39 is 0 Å². The number of ether oxygens (including phenoxy) is 1. The molecule has 0 saturated carbocycles. The van der Waals surface area contributed by atoms with Gasteiger partial charge in [0.25, 0.3) is 0 Å². The van der Waals surface area contributed by atoms with Crippen molar-refractivity contribution in [2.24, 2.45) is 0 Å². The monoisotopic (exact) mass is 281 g/mol. The third-order valence-corrected chi connectivity index (χ3v) is 2.64. The van der Waals surface area contributed by atoms with E-state index in [4.69, 9.17) is 27.9 Å². The minimum absolute atomic E-state index is 0.119. The molecule has 0 atom stereocenters. The second-order valence-electron chi connectivity index (χ2n) is 3.62. The molecule has 0 aliphatic heterocycles. The molecule has 0 aliphatic rings. The number of benzene rings is 1. The fraction of sp³-hybridized carbons (Fsp3) is 0.0769. The van der Waals surface area contributed by atoms with Gasteiger partial charge in [-0.05, 0) is 37.3 Å². The Kier molecular flexibility index (Phi) is 3.84. The highest BCUT2D eigenvalue weighted by Gasteiger charge is 2.10. The van der Waals surface area contributed by atoms with Gasteiger partial charge in [0.2, 0.25) is 5.88 Å². The van der Waals surface area contributed by atoms with Crippen LogP contribution in [0.5, 0.6) is 11.6 Å². The molecule has 1 aromatic carbocycles. The smallest absolute Gasteiger partial charge is 0.230 e. The number of pyridine rings is 1. The van der Waals surface area contributed by atoms with Gasteiger partial charge in [-0.3, -0.25) is 4.79 Å². The number of carbonyl (C=O) groups is 1. The number of halogens is 2. The number of hydrogen-bond donors (Lipinski definition) is 0. The van der Waals surface area contributed by atoms with Crippen LogP contribution in [0.1, 0.15) is 17.3 Å². The molecule has 92 valence electrons. The second-order valence-corrected chi connectivity index (χ2v) is 4.49. The van der Waals surface area contributed by atoms with Crippen molar-refractivity contribution < 1.29 is 9.53 Å². The lowest BCUT2D eigenvalue weighted by Crippen LogP contribution is -1.98. The number of hydrogen-bond acceptors (Lipinski definition) is 3. The summed E-state index contributed by atoms with van der Waals surface area (Å²) in [4.78, 5) is 15.4. The first-order valence-electron chi connectivity index (χ1n) is 5.16. The maximum absolute atomic E-state index is 11.4. The van der Waals surface area contributed by atoms with Gasteiger partial charge >= 0.3 is 0 Å². The van der Waals surface area contributed by atoms with Gasteiger partial charge in [0.15, 0.2) is 5.78 Å². The van der Waals surface area contributed by atoms with Gasteiger partial charge in [0.05, 0.1) is 5.56 Å². The molecule has 0 saturated heterocycles. The summed E-state index contributed by atoms with van der Waals surface area (Å²) >= 11 is 11.7. The Balaban J connectivity index is 2.37. The van der Waals surface area contributed by atoms with Crippen molar-refractivity contribution in [3.8, 4) is 11.6 Å². The average Bonchev–Trinajstić information content (AvgIpc) is 2.27. The van der Waals surface area contributed by atoms with Crippen LogP contribution in [0.4, 0.5) is 0 Å². The predicted octanol–water partition coefficient (Wildman–Crippen LogP) is 4.38. The summed E-state index contributed by atoms with van der Waals surface area (Å²) in [5.74, 6) is 0.559. The van der Waals surface area contributed by atoms with E-state index in [1.807, 2.05) is 0 Å². The minimum Gasteiger partial charge on any atom is -0.438 e. The molecule has 0 N–H and O–H groups in total. The van der Waals surface area contributed by atoms with Crippen LogP contribution in [0, 0.1) is 0 Å². The highest BCUT2D eigenvalue weighted by Crippen LogP contribution is 2.28. The summed E-state index contributed by atoms with van der Waals surface area (Å²) in [6.07, 6.45) is 1.55. The van der Waals surface area contributed by atoms with Crippen molar-refractivity contribution in [3.63, 3.8) is 0 Å². The zero-order valence-corrected chi connectivity index (χ0v) is 11.0. The number of carbonyl (C=O) groups excluding carboxylic acids is 1. The highest BCUT2D eigenvalue weighted by molar-refractivity contribution is 6.34. The van der Waals surface area contributed by atoms with Crippen molar-refractivity contribution in [3.05, 3.63) is 52.1 Å². The Morgan fingerprint density at radius 3 is 2.50 bits per heavy atom. The third-order valence-electron chi connectivity index (χ3n) is 2.20. The lowest BCUT2D eigenvalue weighted by atomic mass is 10.2. The summed E-state index contributed by atoms with van der Waals surface area (Å²) in [6.45, 7) is 1.45. The predicted molar refractivity (Wildman–Crippen MR) is 70.8 cm³/mol. The van der Waals surface area contributed by atoms with E-state index in [9.17, 15) is 4.79 Å². The Hall–Kier alpha value is -1.58. The molecule has 0 fully saturated rings. The Morgan fingerprint density at radius 2 is 1.89 bits per heavy atom. The fourth-order valence-electron chi connectivity index (χ4n) is 1.44. The molecule has 0 spiro atoms. The minimum atomic E-state index is -0.119. The highest BCUT2D eigenvalue weighted by atomic mass is 35.5. The van der Waals surface area contributed by atoms with Crippen molar-refractivity contribution >= 4 is 29.0 Å². The molecular formula is C13H9Cl2NO2. The zero-order valence-electron chi connectivity index (χ0n) is 9.48. The Bertz CT molecular complexity index is 579. The summed E-state index contributed by atoms with van der Waals surface area (Å²) in [7, 11) is 0. The Morgan fingerprint density at radius 1 is 1.22 bits per heavy atom. The number of Topliss-reactive ketones (excluding diaryl/α,β-unsaturated/α-hetero) is 1. The van der Waals surface area contributed by atoms with Crippen LogP contribution in [0.3, 0.4) is 0 Å². The van der Waals surface area contributed by atoms with Gasteiger partial charge in [-0.2, -0.15) is 0 Å². The van der Waals surface area contributed by atoms with E-state index in [1.54, 1.807) is 36.5 Å². The van der Waals surface area contributed by atoms with Gasteiger partial charge < -0.3 is 4.74 Å². The first kappa shape index (κ1) is 12.9. The van der Waals surface area contributed by atoms with Crippen LogP contribution in [-0.2, 0) is 0 Å². The maximum Gasteiger partial charge on any atom is 0.230 e. The molecule has 0 unspecified atom stereocenters. The quantitative estimate of drug-likeness (QED) is 0.784. The van der Waals surface area contributed by atoms with E-state index >= 15 is 0 Å². The molecule has 0 aliphatic carbocycles. The lowest BCUT2D eigenvalue weighted by molar-refractivity contribution is 0.101. The summed E-state index contributed by atoms with van der Waals surface area (Å²) < 4.78 is 5.53. The molecule has 0 bridgehead atoms. The molecule has 2 rings (SSSR count). The number of rotatable bonds is 3. The summed E-state index contributed by atoms with van der Waals surface area (Å²) in [6, 6.07) is 8.13. The molecular weight excluding hydrogens is 273 g/mol. The average molecular weight is 282 g/mol. The van der Waals surface area contributed by atoms with Crippen LogP contribution in [0.2, 0.25) is 10.0 Å². The molecule has 3 nitrogen and oxygen atoms in total. The largest absolute Gasteiger partial charge is 0.438 e.